The van der Waals surface area contributed by atoms with E-state index in [9.17, 15) is 4.79 Å². The number of ether oxygens (including phenoxy) is 3. The Kier molecular flexibility index (Phi) is 2.33. The van der Waals surface area contributed by atoms with E-state index in [1.54, 1.807) is 0 Å². The van der Waals surface area contributed by atoms with Crippen LogP contribution in [-0.2, 0) is 19.0 Å². The third kappa shape index (κ3) is 1.36. The van der Waals surface area contributed by atoms with Crippen LogP contribution in [0.3, 0.4) is 0 Å². The summed E-state index contributed by atoms with van der Waals surface area (Å²) >= 11 is 0. The van der Waals surface area contributed by atoms with Gasteiger partial charge in [-0.15, -0.1) is 0 Å². The second-order valence-electron chi connectivity index (χ2n) is 5.97. The molecule has 0 aromatic carbocycles. The van der Waals surface area contributed by atoms with Crippen LogP contribution < -0.4 is 0 Å². The first kappa shape index (κ1) is 11.0. The molecule has 0 aromatic heterocycles. The van der Waals surface area contributed by atoms with Crippen LogP contribution in [0.4, 0.5) is 0 Å². The minimum absolute atomic E-state index is 0.227. The molecule has 2 saturated carbocycles. The van der Waals surface area contributed by atoms with Crippen molar-refractivity contribution in [1.29, 1.82) is 0 Å². The molecule has 0 radical (unpaired) electrons. The third-order valence-electron chi connectivity index (χ3n) is 5.28. The fourth-order valence-electron chi connectivity index (χ4n) is 4.73. The molecule has 4 bridgehead atoms. The number of fused-ring (bicyclic) bond motifs is 8. The van der Waals surface area contributed by atoms with E-state index in [0.717, 1.165) is 5.92 Å². The molecule has 0 N–H and O–H groups in total. The maximum Gasteiger partial charge on any atom is 0.330 e. The summed E-state index contributed by atoms with van der Waals surface area (Å²) in [6.45, 7) is 4.13. The van der Waals surface area contributed by atoms with Crippen molar-refractivity contribution < 1.29 is 19.0 Å². The SMILES string of the molecule is C=CC(=O)O[C@H]1C2OCC(O2)C2C1[C@H]1CC[C@@H]2C1. The first-order valence-corrected chi connectivity index (χ1v) is 6.88. The van der Waals surface area contributed by atoms with Gasteiger partial charge in [-0.25, -0.2) is 4.79 Å². The quantitative estimate of drug-likeness (QED) is 0.550. The lowest BCUT2D eigenvalue weighted by Gasteiger charge is -2.42. The van der Waals surface area contributed by atoms with Crippen LogP contribution in [0.5, 0.6) is 0 Å². The fraction of sp³-hybridized carbons (Fsp3) is 0.786. The van der Waals surface area contributed by atoms with Crippen LogP contribution >= 0.6 is 0 Å². The summed E-state index contributed by atoms with van der Waals surface area (Å²) in [6.07, 6.45) is 4.74. The van der Waals surface area contributed by atoms with E-state index >= 15 is 0 Å². The molecular weight excluding hydrogens is 232 g/mol. The molecule has 2 heterocycles. The summed E-state index contributed by atoms with van der Waals surface area (Å²) in [6, 6.07) is 0. The topological polar surface area (TPSA) is 44.8 Å². The van der Waals surface area contributed by atoms with E-state index < -0.39 is 0 Å². The predicted molar refractivity (Wildman–Crippen MR) is 62.5 cm³/mol. The Morgan fingerprint density at radius 3 is 2.83 bits per heavy atom. The Labute approximate surface area is 106 Å². The summed E-state index contributed by atoms with van der Waals surface area (Å²) in [5.74, 6) is 2.05. The Morgan fingerprint density at radius 2 is 2.06 bits per heavy atom. The third-order valence-corrected chi connectivity index (χ3v) is 5.28. The summed E-state index contributed by atoms with van der Waals surface area (Å²) < 4.78 is 17.1. The number of hydrogen-bond acceptors (Lipinski definition) is 4. The summed E-state index contributed by atoms with van der Waals surface area (Å²) in [5, 5.41) is 0. The molecular formula is C14H18O4. The van der Waals surface area contributed by atoms with Gasteiger partial charge in [0.25, 0.3) is 0 Å². The summed E-state index contributed by atoms with van der Waals surface area (Å²) in [4.78, 5) is 11.5. The first-order valence-electron chi connectivity index (χ1n) is 6.88. The Hall–Kier alpha value is -0.870. The van der Waals surface area contributed by atoms with Gasteiger partial charge < -0.3 is 14.2 Å². The highest BCUT2D eigenvalue weighted by molar-refractivity contribution is 5.81. The molecule has 18 heavy (non-hydrogen) atoms. The van der Waals surface area contributed by atoms with E-state index in [1.165, 1.54) is 25.3 Å². The van der Waals surface area contributed by atoms with Gasteiger partial charge >= 0.3 is 5.97 Å². The van der Waals surface area contributed by atoms with Gasteiger partial charge in [-0.05, 0) is 37.0 Å². The van der Waals surface area contributed by atoms with Crippen molar-refractivity contribution in [2.24, 2.45) is 23.7 Å². The van der Waals surface area contributed by atoms with E-state index in [2.05, 4.69) is 6.58 Å². The van der Waals surface area contributed by atoms with Gasteiger partial charge in [-0.2, -0.15) is 0 Å². The molecule has 4 unspecified atom stereocenters. The highest BCUT2D eigenvalue weighted by atomic mass is 16.7. The standard InChI is InChI=1S/C14H18O4/c1-2-10(15)18-13-12-8-4-3-7(5-8)11(12)9-6-16-14(13)17-9/h2,7-9,11-14H,1,3-6H2/t7-,8+,9?,11?,12?,13-,14?/m1/s1. The molecule has 2 aliphatic carbocycles. The Morgan fingerprint density at radius 1 is 1.28 bits per heavy atom. The number of carbonyl (C=O) groups is 1. The molecule has 4 heteroatoms. The summed E-state index contributed by atoms with van der Waals surface area (Å²) in [7, 11) is 0. The van der Waals surface area contributed by atoms with Crippen molar-refractivity contribution in [2.45, 2.75) is 37.8 Å². The second-order valence-corrected chi connectivity index (χ2v) is 5.97. The molecule has 4 aliphatic rings. The first-order chi connectivity index (χ1) is 8.78. The van der Waals surface area contributed by atoms with Crippen LogP contribution in [0.25, 0.3) is 0 Å². The average molecular weight is 250 g/mol. The maximum atomic E-state index is 11.5. The van der Waals surface area contributed by atoms with Gasteiger partial charge in [0.2, 0.25) is 0 Å². The van der Waals surface area contributed by atoms with Crippen molar-refractivity contribution >= 4 is 5.97 Å². The lowest BCUT2D eigenvalue weighted by Crippen LogP contribution is -2.50. The van der Waals surface area contributed by atoms with Crippen molar-refractivity contribution in [3.63, 3.8) is 0 Å². The van der Waals surface area contributed by atoms with Crippen molar-refractivity contribution in [2.75, 3.05) is 6.61 Å². The largest absolute Gasteiger partial charge is 0.453 e. The minimum atomic E-state index is -0.362. The molecule has 4 rings (SSSR count). The Bertz CT molecular complexity index is 393. The highest BCUT2D eigenvalue weighted by Gasteiger charge is 2.62. The number of esters is 1. The molecule has 4 fully saturated rings. The zero-order valence-electron chi connectivity index (χ0n) is 10.3. The highest BCUT2D eigenvalue weighted by Crippen LogP contribution is 2.59. The van der Waals surface area contributed by atoms with Gasteiger partial charge in [0.15, 0.2) is 12.4 Å². The van der Waals surface area contributed by atoms with Crippen LogP contribution in [0.1, 0.15) is 19.3 Å². The maximum absolute atomic E-state index is 11.5. The predicted octanol–water partition coefficient (Wildman–Crippen LogP) is 1.50. The van der Waals surface area contributed by atoms with Crippen LogP contribution in [0.15, 0.2) is 12.7 Å². The number of rotatable bonds is 2. The molecule has 2 aliphatic heterocycles. The normalized spacial score (nSPS) is 52.1. The van der Waals surface area contributed by atoms with Crippen molar-refractivity contribution in [1.82, 2.24) is 0 Å². The summed E-state index contributed by atoms with van der Waals surface area (Å²) in [5.41, 5.74) is 0. The monoisotopic (exact) mass is 250 g/mol. The van der Waals surface area contributed by atoms with Crippen LogP contribution in [0, 0.1) is 23.7 Å². The molecule has 0 spiro atoms. The molecule has 4 nitrogen and oxygen atoms in total. The van der Waals surface area contributed by atoms with E-state index in [4.69, 9.17) is 14.2 Å². The average Bonchev–Trinajstić information content (AvgIpc) is 3.08. The fourth-order valence-corrected chi connectivity index (χ4v) is 4.73. The molecule has 2 saturated heterocycles. The molecule has 98 valence electrons. The zero-order valence-corrected chi connectivity index (χ0v) is 10.3. The van der Waals surface area contributed by atoms with E-state index in [-0.39, 0.29) is 24.5 Å². The van der Waals surface area contributed by atoms with Gasteiger partial charge in [0, 0.05) is 12.0 Å². The lowest BCUT2D eigenvalue weighted by atomic mass is 9.72. The molecule has 0 aromatic rings. The van der Waals surface area contributed by atoms with Crippen LogP contribution in [-0.4, -0.2) is 31.1 Å². The minimum Gasteiger partial charge on any atom is -0.453 e. The van der Waals surface area contributed by atoms with Gasteiger partial charge in [0.1, 0.15) is 0 Å². The number of hydrogen-bond donors (Lipinski definition) is 0. The van der Waals surface area contributed by atoms with Gasteiger partial charge in [-0.1, -0.05) is 6.58 Å². The van der Waals surface area contributed by atoms with Crippen LogP contribution in [0.2, 0.25) is 0 Å². The number of carbonyl (C=O) groups excluding carboxylic acids is 1. The van der Waals surface area contributed by atoms with Gasteiger partial charge in [-0.3, -0.25) is 0 Å². The van der Waals surface area contributed by atoms with E-state index in [1.807, 2.05) is 0 Å². The molecule has 0 amide bonds. The zero-order chi connectivity index (χ0) is 12.3. The Balaban J connectivity index is 1.64. The van der Waals surface area contributed by atoms with Crippen molar-refractivity contribution in [3.05, 3.63) is 12.7 Å². The molecule has 7 atom stereocenters. The van der Waals surface area contributed by atoms with E-state index in [0.29, 0.717) is 24.4 Å². The smallest absolute Gasteiger partial charge is 0.330 e. The van der Waals surface area contributed by atoms with Crippen molar-refractivity contribution in [3.8, 4) is 0 Å². The lowest BCUT2D eigenvalue weighted by molar-refractivity contribution is -0.217. The van der Waals surface area contributed by atoms with Gasteiger partial charge in [0.05, 0.1) is 12.7 Å². The second kappa shape index (κ2) is 3.81.